The second kappa shape index (κ2) is 9.14. The molecule has 3 rings (SSSR count). The lowest BCUT2D eigenvalue weighted by Crippen LogP contribution is -3.00. The van der Waals surface area contributed by atoms with Gasteiger partial charge in [-0.25, -0.2) is 0 Å². The number of rotatable bonds is 5. The van der Waals surface area contributed by atoms with E-state index in [0.29, 0.717) is 5.92 Å². The van der Waals surface area contributed by atoms with Gasteiger partial charge in [0.15, 0.2) is 24.4 Å². The van der Waals surface area contributed by atoms with Crippen LogP contribution >= 0.6 is 0 Å². The number of benzene rings is 2. The average molecular weight is 352 g/mol. The number of hydrogen-bond acceptors (Lipinski definition) is 1. The largest absolute Gasteiger partial charge is 1.00 e. The van der Waals surface area contributed by atoms with Crippen molar-refractivity contribution in [1.82, 2.24) is 0 Å². The topological polar surface area (TPSA) is 20.1 Å². The molecule has 2 nitrogen and oxygen atoms in total. The van der Waals surface area contributed by atoms with Crippen LogP contribution in [0.5, 0.6) is 0 Å². The first-order valence-electron chi connectivity index (χ1n) is 8.33. The molecular weight excluding hydrogens is 330 g/mol. The Bertz CT molecular complexity index is 789. The Labute approximate surface area is 155 Å². The van der Waals surface area contributed by atoms with Crippen LogP contribution in [0.15, 0.2) is 79.1 Å². The molecule has 0 amide bonds. The summed E-state index contributed by atoms with van der Waals surface area (Å²) in [5.41, 5.74) is 3.22. The van der Waals surface area contributed by atoms with Crippen LogP contribution in [0.1, 0.15) is 27.9 Å². The zero-order valence-electron chi connectivity index (χ0n) is 14.3. The van der Waals surface area contributed by atoms with Crippen LogP contribution in [0, 0.1) is 12.8 Å². The molecule has 0 N–H and O–H groups in total. The van der Waals surface area contributed by atoms with Crippen LogP contribution in [0.25, 0.3) is 0 Å². The third-order valence-corrected chi connectivity index (χ3v) is 4.17. The quantitative estimate of drug-likeness (QED) is 0.455. The first-order valence-corrected chi connectivity index (χ1v) is 8.33. The molecule has 0 spiro atoms. The van der Waals surface area contributed by atoms with Crippen LogP contribution < -0.4 is 12.4 Å². The van der Waals surface area contributed by atoms with E-state index in [9.17, 15) is 4.79 Å². The van der Waals surface area contributed by atoms with Crippen LogP contribution in [0.4, 0.5) is 0 Å². The Morgan fingerprint density at radius 3 is 2.56 bits per heavy atom. The van der Waals surface area contributed by atoms with Crippen molar-refractivity contribution in [2.75, 3.05) is 0 Å². The minimum absolute atomic E-state index is 0. The summed E-state index contributed by atoms with van der Waals surface area (Å²) in [4.78, 5) is 12.2. The van der Waals surface area contributed by atoms with Crippen LogP contribution in [0.2, 0.25) is 0 Å². The number of ketones is 1. The van der Waals surface area contributed by atoms with Gasteiger partial charge in [0, 0.05) is 11.5 Å². The van der Waals surface area contributed by atoms with Gasteiger partial charge in [-0.15, -0.1) is 0 Å². The van der Waals surface area contributed by atoms with E-state index in [4.69, 9.17) is 0 Å². The van der Waals surface area contributed by atoms with Crippen LogP contribution in [-0.4, -0.2) is 16.6 Å². The summed E-state index contributed by atoms with van der Waals surface area (Å²) in [6, 6.07) is 18.2. The van der Waals surface area contributed by atoms with Crippen molar-refractivity contribution >= 4 is 12.0 Å². The SMILES string of the molecule is Cc1ccc(C(=O)/C=C/[N+]2=CC(Cc3ccccc3)CC=C2)cc1.[Cl-]. The fourth-order valence-corrected chi connectivity index (χ4v) is 2.83. The molecule has 3 heteroatoms. The lowest BCUT2D eigenvalue weighted by atomic mass is 9.96. The zero-order valence-corrected chi connectivity index (χ0v) is 15.1. The minimum atomic E-state index is 0. The summed E-state index contributed by atoms with van der Waals surface area (Å²) in [5, 5.41) is 0. The molecule has 0 aliphatic carbocycles. The molecule has 0 bridgehead atoms. The van der Waals surface area contributed by atoms with Crippen LogP contribution in [-0.2, 0) is 6.42 Å². The first kappa shape index (κ1) is 18.9. The number of hydrogen-bond donors (Lipinski definition) is 0. The third-order valence-electron chi connectivity index (χ3n) is 4.17. The molecule has 2 aromatic rings. The molecule has 1 heterocycles. The first-order chi connectivity index (χ1) is 11.7. The van der Waals surface area contributed by atoms with E-state index in [2.05, 4.69) is 36.6 Å². The highest BCUT2D eigenvalue weighted by Crippen LogP contribution is 2.14. The Kier molecular flexibility index (Phi) is 6.91. The van der Waals surface area contributed by atoms with Gasteiger partial charge in [0.05, 0.1) is 6.08 Å². The number of carbonyl (C=O) groups excluding carboxylic acids is 1. The molecule has 0 saturated heterocycles. The van der Waals surface area contributed by atoms with Crippen molar-refractivity contribution in [3.8, 4) is 0 Å². The van der Waals surface area contributed by atoms with Gasteiger partial charge in [0.25, 0.3) is 0 Å². The van der Waals surface area contributed by atoms with Crippen molar-refractivity contribution in [1.29, 1.82) is 0 Å². The maximum atomic E-state index is 12.2. The number of allylic oxidation sites excluding steroid dienone is 2. The molecule has 1 aliphatic rings. The lowest BCUT2D eigenvalue weighted by molar-refractivity contribution is -0.377. The van der Waals surface area contributed by atoms with Gasteiger partial charge >= 0.3 is 0 Å². The second-order valence-electron chi connectivity index (χ2n) is 6.21. The van der Waals surface area contributed by atoms with Gasteiger partial charge in [-0.2, -0.15) is 4.58 Å². The standard InChI is InChI=1S/C22H22NO.ClH/c1-18-9-11-21(12-10-18)22(24)13-15-23-14-5-8-20(17-23)16-19-6-3-2-4-7-19;/h2-7,9-15,17,20H,8,16H2,1H3;1H/q+1;/p-1/b15-13+;. The molecular formula is C22H22ClNO. The maximum Gasteiger partial charge on any atom is 0.191 e. The highest BCUT2D eigenvalue weighted by molar-refractivity contribution is 6.04. The van der Waals surface area contributed by atoms with E-state index < -0.39 is 0 Å². The van der Waals surface area contributed by atoms with Gasteiger partial charge in [-0.05, 0) is 31.4 Å². The Morgan fingerprint density at radius 1 is 1.12 bits per heavy atom. The van der Waals surface area contributed by atoms with Crippen molar-refractivity contribution in [3.05, 3.63) is 95.8 Å². The highest BCUT2D eigenvalue weighted by Gasteiger charge is 2.15. The van der Waals surface area contributed by atoms with E-state index in [-0.39, 0.29) is 18.2 Å². The highest BCUT2D eigenvalue weighted by atomic mass is 35.5. The van der Waals surface area contributed by atoms with E-state index in [1.807, 2.05) is 54.2 Å². The smallest absolute Gasteiger partial charge is 0.191 e. The summed E-state index contributed by atoms with van der Waals surface area (Å²) in [6.45, 7) is 2.02. The van der Waals surface area contributed by atoms with Crippen molar-refractivity contribution in [3.63, 3.8) is 0 Å². The average Bonchev–Trinajstić information content (AvgIpc) is 2.61. The van der Waals surface area contributed by atoms with Gasteiger partial charge in [0.1, 0.15) is 0 Å². The van der Waals surface area contributed by atoms with Gasteiger partial charge in [-0.3, -0.25) is 4.79 Å². The Hall–Kier alpha value is -2.45. The summed E-state index contributed by atoms with van der Waals surface area (Å²) >= 11 is 0. The molecule has 2 aromatic carbocycles. The maximum absolute atomic E-state index is 12.2. The van der Waals surface area contributed by atoms with Crippen LogP contribution in [0.3, 0.4) is 0 Å². The second-order valence-corrected chi connectivity index (χ2v) is 6.21. The fourth-order valence-electron chi connectivity index (χ4n) is 2.83. The molecule has 0 saturated carbocycles. The van der Waals surface area contributed by atoms with Crippen molar-refractivity contribution in [2.45, 2.75) is 19.8 Å². The number of carbonyl (C=O) groups is 1. The predicted octanol–water partition coefficient (Wildman–Crippen LogP) is 1.56. The van der Waals surface area contributed by atoms with Gasteiger partial charge in [-0.1, -0.05) is 60.2 Å². The van der Waals surface area contributed by atoms with Crippen molar-refractivity contribution < 1.29 is 21.8 Å². The summed E-state index contributed by atoms with van der Waals surface area (Å²) in [7, 11) is 0. The molecule has 1 unspecified atom stereocenters. The third kappa shape index (κ3) is 5.54. The summed E-state index contributed by atoms with van der Waals surface area (Å²) in [5.74, 6) is 0.485. The molecule has 128 valence electrons. The summed E-state index contributed by atoms with van der Waals surface area (Å²) in [6.07, 6.45) is 11.9. The lowest BCUT2D eigenvalue weighted by Gasteiger charge is -2.10. The van der Waals surface area contributed by atoms with E-state index in [1.165, 1.54) is 5.56 Å². The number of nitrogens with zero attached hydrogens (tertiary/aromatic N) is 1. The zero-order chi connectivity index (χ0) is 16.8. The van der Waals surface area contributed by atoms with E-state index >= 15 is 0 Å². The number of halogens is 1. The molecule has 1 aliphatic heterocycles. The monoisotopic (exact) mass is 351 g/mol. The summed E-state index contributed by atoms with van der Waals surface area (Å²) < 4.78 is 1.99. The minimum Gasteiger partial charge on any atom is -1.00 e. The molecule has 25 heavy (non-hydrogen) atoms. The van der Waals surface area contributed by atoms with Gasteiger partial charge in [0.2, 0.25) is 0 Å². The molecule has 1 atom stereocenters. The van der Waals surface area contributed by atoms with Crippen molar-refractivity contribution in [2.24, 2.45) is 5.92 Å². The molecule has 0 fully saturated rings. The van der Waals surface area contributed by atoms with E-state index in [1.54, 1.807) is 6.08 Å². The van der Waals surface area contributed by atoms with Gasteiger partial charge < -0.3 is 12.4 Å². The Morgan fingerprint density at radius 2 is 1.84 bits per heavy atom. The van der Waals surface area contributed by atoms with E-state index in [0.717, 1.165) is 24.0 Å². The molecule has 0 aromatic heterocycles. The fraction of sp³-hybridized carbons (Fsp3) is 0.182. The molecule has 0 radical (unpaired) electrons. The number of aryl methyl sites for hydroxylation is 1. The predicted molar refractivity (Wildman–Crippen MR) is 98.4 cm³/mol. The Balaban J connectivity index is 0.00000225. The normalized spacial score (nSPS) is 16.4.